The Balaban J connectivity index is 1.74. The Labute approximate surface area is 138 Å². The first-order valence-corrected chi connectivity index (χ1v) is 8.35. The number of thiophene rings is 1. The van der Waals surface area contributed by atoms with Gasteiger partial charge in [-0.2, -0.15) is 5.26 Å². The number of hydrogen-bond acceptors (Lipinski definition) is 4. The molecule has 1 N–H and O–H groups in total. The lowest BCUT2D eigenvalue weighted by Crippen LogP contribution is -1.83. The molecule has 1 aliphatic rings. The molecule has 0 atom stereocenters. The van der Waals surface area contributed by atoms with Crippen LogP contribution in [-0.2, 0) is 12.8 Å². The average Bonchev–Trinajstić information content (AvgIpc) is 3.26. The number of nitrogens with one attached hydrogen (secondary N) is 1. The molecule has 0 aliphatic heterocycles. The number of fused-ring (bicyclic) bond motifs is 2. The number of ether oxygens (including phenoxy) is 1. The first-order chi connectivity index (χ1) is 11.3. The number of H-pyrrole nitrogens is 1. The van der Waals surface area contributed by atoms with Gasteiger partial charge >= 0.3 is 0 Å². The first-order valence-electron chi connectivity index (χ1n) is 7.54. The summed E-state index contributed by atoms with van der Waals surface area (Å²) in [6.45, 7) is 0. The van der Waals surface area contributed by atoms with E-state index in [4.69, 9.17) is 4.74 Å². The maximum Gasteiger partial charge on any atom is 0.134 e. The highest BCUT2D eigenvalue weighted by Crippen LogP contribution is 2.40. The Morgan fingerprint density at radius 1 is 1.39 bits per heavy atom. The molecule has 4 rings (SSSR count). The SMILES string of the molecule is COc1ccc2[nH]cc(/C=N/c3sc4c(c3C#N)CCC4)c2c1. The minimum absolute atomic E-state index is 0.760. The van der Waals surface area contributed by atoms with Gasteiger partial charge in [0, 0.05) is 33.8 Å². The largest absolute Gasteiger partial charge is 0.497 e. The number of nitrogens with zero attached hydrogens (tertiary/aromatic N) is 2. The molecule has 1 aliphatic carbocycles. The Morgan fingerprint density at radius 2 is 2.30 bits per heavy atom. The predicted molar refractivity (Wildman–Crippen MR) is 93.2 cm³/mol. The molecule has 0 saturated carbocycles. The minimum Gasteiger partial charge on any atom is -0.497 e. The minimum atomic E-state index is 0.760. The molecule has 0 unspecified atom stereocenters. The molecule has 0 amide bonds. The van der Waals surface area contributed by atoms with Crippen LogP contribution < -0.4 is 4.74 Å². The Hall–Kier alpha value is -2.58. The number of methoxy groups -OCH3 is 1. The van der Waals surface area contributed by atoms with Gasteiger partial charge in [-0.25, -0.2) is 4.99 Å². The van der Waals surface area contributed by atoms with Crippen molar-refractivity contribution in [1.29, 1.82) is 5.26 Å². The van der Waals surface area contributed by atoms with Crippen molar-refractivity contribution in [3.63, 3.8) is 0 Å². The number of aromatic nitrogens is 1. The van der Waals surface area contributed by atoms with E-state index in [-0.39, 0.29) is 0 Å². The average molecular weight is 321 g/mol. The summed E-state index contributed by atoms with van der Waals surface area (Å²) in [6, 6.07) is 8.24. The fraction of sp³-hybridized carbons (Fsp3) is 0.222. The van der Waals surface area contributed by atoms with Crippen molar-refractivity contribution in [3.8, 4) is 11.8 Å². The second-order valence-electron chi connectivity index (χ2n) is 5.56. The van der Waals surface area contributed by atoms with E-state index in [0.717, 1.165) is 52.0 Å². The van der Waals surface area contributed by atoms with E-state index in [0.29, 0.717) is 0 Å². The predicted octanol–water partition coefficient (Wildman–Crippen LogP) is 4.35. The summed E-state index contributed by atoms with van der Waals surface area (Å²) in [7, 11) is 1.66. The van der Waals surface area contributed by atoms with Crippen LogP contribution in [0.25, 0.3) is 10.9 Å². The molecule has 0 spiro atoms. The van der Waals surface area contributed by atoms with E-state index < -0.39 is 0 Å². The van der Waals surface area contributed by atoms with E-state index in [9.17, 15) is 5.26 Å². The van der Waals surface area contributed by atoms with E-state index in [1.54, 1.807) is 18.4 Å². The third-order valence-electron chi connectivity index (χ3n) is 4.26. The van der Waals surface area contributed by atoms with Gasteiger partial charge in [0.1, 0.15) is 16.8 Å². The Kier molecular flexibility index (Phi) is 3.40. The zero-order chi connectivity index (χ0) is 15.8. The molecular formula is C18H15N3OS. The van der Waals surface area contributed by atoms with Crippen LogP contribution in [0.5, 0.6) is 5.75 Å². The first kappa shape index (κ1) is 14.0. The normalized spacial score (nSPS) is 13.6. The highest BCUT2D eigenvalue weighted by molar-refractivity contribution is 7.16. The lowest BCUT2D eigenvalue weighted by molar-refractivity contribution is 0.415. The number of aromatic amines is 1. The van der Waals surface area contributed by atoms with Gasteiger partial charge in [-0.15, -0.1) is 11.3 Å². The number of aliphatic imine (C=N–C) groups is 1. The molecule has 23 heavy (non-hydrogen) atoms. The van der Waals surface area contributed by atoms with Gasteiger partial charge < -0.3 is 9.72 Å². The Morgan fingerprint density at radius 3 is 3.13 bits per heavy atom. The fourth-order valence-electron chi connectivity index (χ4n) is 3.08. The van der Waals surface area contributed by atoms with Crippen LogP contribution in [0.4, 0.5) is 5.00 Å². The van der Waals surface area contributed by atoms with Crippen molar-refractivity contribution in [1.82, 2.24) is 4.98 Å². The lowest BCUT2D eigenvalue weighted by atomic mass is 10.1. The second-order valence-corrected chi connectivity index (χ2v) is 6.65. The van der Waals surface area contributed by atoms with Crippen molar-refractivity contribution in [2.24, 2.45) is 4.99 Å². The lowest BCUT2D eigenvalue weighted by Gasteiger charge is -1.99. The molecule has 2 aromatic heterocycles. The van der Waals surface area contributed by atoms with Gasteiger partial charge in [0.15, 0.2) is 0 Å². The highest BCUT2D eigenvalue weighted by Gasteiger charge is 2.21. The number of nitriles is 1. The smallest absolute Gasteiger partial charge is 0.134 e. The highest BCUT2D eigenvalue weighted by atomic mass is 32.1. The molecule has 1 aromatic carbocycles. The maximum atomic E-state index is 9.43. The zero-order valence-corrected chi connectivity index (χ0v) is 13.5. The molecule has 0 bridgehead atoms. The van der Waals surface area contributed by atoms with Crippen molar-refractivity contribution >= 4 is 33.5 Å². The summed E-state index contributed by atoms with van der Waals surface area (Å²) in [5.74, 6) is 0.819. The van der Waals surface area contributed by atoms with Gasteiger partial charge in [0.2, 0.25) is 0 Å². The zero-order valence-electron chi connectivity index (χ0n) is 12.7. The van der Waals surface area contributed by atoms with Gasteiger partial charge in [-0.1, -0.05) is 0 Å². The molecule has 5 heteroatoms. The van der Waals surface area contributed by atoms with E-state index in [1.165, 1.54) is 10.4 Å². The van der Waals surface area contributed by atoms with Crippen LogP contribution in [0.2, 0.25) is 0 Å². The van der Waals surface area contributed by atoms with E-state index in [2.05, 4.69) is 16.0 Å². The third-order valence-corrected chi connectivity index (χ3v) is 5.46. The van der Waals surface area contributed by atoms with Crippen LogP contribution in [0.3, 0.4) is 0 Å². The van der Waals surface area contributed by atoms with Crippen molar-refractivity contribution < 1.29 is 4.74 Å². The summed E-state index contributed by atoms with van der Waals surface area (Å²) in [6.07, 6.45) is 7.01. The van der Waals surface area contributed by atoms with Crippen LogP contribution in [0, 0.1) is 11.3 Å². The van der Waals surface area contributed by atoms with E-state index in [1.807, 2.05) is 30.6 Å². The molecule has 4 nitrogen and oxygen atoms in total. The topological polar surface area (TPSA) is 61.2 Å². The van der Waals surface area contributed by atoms with Gasteiger partial charge in [0.25, 0.3) is 0 Å². The standard InChI is InChI=1S/C18H15N3OS/c1-22-12-5-6-16-14(7-12)11(9-20-16)10-21-18-15(8-19)13-3-2-4-17(13)23-18/h5-7,9-10,20H,2-4H2,1H3/b21-10+. The van der Waals surface area contributed by atoms with Crippen LogP contribution in [0.15, 0.2) is 29.4 Å². The van der Waals surface area contributed by atoms with Gasteiger partial charge in [-0.05, 0) is 43.0 Å². The van der Waals surface area contributed by atoms with Crippen molar-refractivity contribution in [2.45, 2.75) is 19.3 Å². The summed E-state index contributed by atoms with van der Waals surface area (Å²) in [5, 5.41) is 11.3. The van der Waals surface area contributed by atoms with Gasteiger partial charge in [-0.3, -0.25) is 0 Å². The molecule has 2 heterocycles. The fourth-order valence-corrected chi connectivity index (χ4v) is 4.26. The molecule has 3 aromatic rings. The maximum absolute atomic E-state index is 9.43. The number of hydrogen-bond donors (Lipinski definition) is 1. The van der Waals surface area contributed by atoms with Gasteiger partial charge in [0.05, 0.1) is 12.7 Å². The molecule has 114 valence electrons. The van der Waals surface area contributed by atoms with Crippen molar-refractivity contribution in [3.05, 3.63) is 46.0 Å². The van der Waals surface area contributed by atoms with Crippen molar-refractivity contribution in [2.75, 3.05) is 7.11 Å². The van der Waals surface area contributed by atoms with Crippen LogP contribution >= 0.6 is 11.3 Å². The third kappa shape index (κ3) is 2.32. The summed E-state index contributed by atoms with van der Waals surface area (Å²) in [5.41, 5.74) is 4.01. The van der Waals surface area contributed by atoms with Crippen LogP contribution in [0.1, 0.15) is 28.0 Å². The quantitative estimate of drug-likeness (QED) is 0.729. The monoisotopic (exact) mass is 321 g/mol. The molecular weight excluding hydrogens is 306 g/mol. The molecule has 0 fully saturated rings. The summed E-state index contributed by atoms with van der Waals surface area (Å²) >= 11 is 1.65. The van der Waals surface area contributed by atoms with Crippen LogP contribution in [-0.4, -0.2) is 18.3 Å². The summed E-state index contributed by atoms with van der Waals surface area (Å²) in [4.78, 5) is 9.16. The van der Waals surface area contributed by atoms with E-state index >= 15 is 0 Å². The number of aryl methyl sites for hydroxylation is 1. The molecule has 0 radical (unpaired) electrons. The molecule has 0 saturated heterocycles. The number of rotatable bonds is 3. The number of benzene rings is 1. The Bertz CT molecular complexity index is 959. The summed E-state index contributed by atoms with van der Waals surface area (Å²) < 4.78 is 5.29. The second kappa shape index (κ2) is 5.56.